The van der Waals surface area contributed by atoms with Gasteiger partial charge in [-0.2, -0.15) is 5.10 Å². The zero-order valence-corrected chi connectivity index (χ0v) is 13.9. The van der Waals surface area contributed by atoms with E-state index in [-0.39, 0.29) is 6.42 Å². The van der Waals surface area contributed by atoms with E-state index in [0.717, 1.165) is 0 Å². The van der Waals surface area contributed by atoms with Gasteiger partial charge in [-0.1, -0.05) is 30.7 Å². The van der Waals surface area contributed by atoms with Crippen molar-refractivity contribution < 1.29 is 14.7 Å². The Morgan fingerprint density at radius 2 is 1.96 bits per heavy atom. The van der Waals surface area contributed by atoms with Crippen LogP contribution in [-0.4, -0.2) is 26.8 Å². The van der Waals surface area contributed by atoms with Crippen LogP contribution in [0.15, 0.2) is 30.5 Å². The molecular weight excluding hydrogens is 318 g/mol. The molecule has 0 aliphatic rings. The van der Waals surface area contributed by atoms with E-state index in [0.29, 0.717) is 21.8 Å². The number of rotatable bonds is 5. The summed E-state index contributed by atoms with van der Waals surface area (Å²) in [5, 5.41) is 16.9. The molecule has 0 fully saturated rings. The van der Waals surface area contributed by atoms with Crippen molar-refractivity contribution in [1.82, 2.24) is 15.1 Å². The maximum absolute atomic E-state index is 12.5. The quantitative estimate of drug-likeness (QED) is 0.879. The summed E-state index contributed by atoms with van der Waals surface area (Å²) in [5.74, 6) is -1.60. The number of carbonyl (C=O) groups excluding carboxylic acids is 1. The van der Waals surface area contributed by atoms with Gasteiger partial charge in [-0.25, -0.2) is 4.79 Å². The van der Waals surface area contributed by atoms with Gasteiger partial charge in [-0.3, -0.25) is 9.48 Å². The van der Waals surface area contributed by atoms with E-state index in [2.05, 4.69) is 10.4 Å². The van der Waals surface area contributed by atoms with Gasteiger partial charge in [0.05, 0.1) is 11.8 Å². The van der Waals surface area contributed by atoms with Crippen LogP contribution in [0.5, 0.6) is 0 Å². The van der Waals surface area contributed by atoms with Crippen LogP contribution in [0.4, 0.5) is 0 Å². The molecule has 23 heavy (non-hydrogen) atoms. The Hall–Kier alpha value is -2.34. The molecule has 1 aromatic heterocycles. The molecule has 0 saturated carbocycles. The average Bonchev–Trinajstić information content (AvgIpc) is 2.85. The number of aromatic nitrogens is 2. The lowest BCUT2D eigenvalue weighted by Crippen LogP contribution is -2.51. The fourth-order valence-corrected chi connectivity index (χ4v) is 2.54. The second-order valence-corrected chi connectivity index (χ2v) is 5.73. The Balaban J connectivity index is 2.43. The van der Waals surface area contributed by atoms with Gasteiger partial charge in [0.2, 0.25) is 0 Å². The fraction of sp³-hybridized carbons (Fsp3) is 0.312. The molecule has 0 aliphatic heterocycles. The van der Waals surface area contributed by atoms with Gasteiger partial charge in [0.1, 0.15) is 0 Å². The molecule has 1 heterocycles. The summed E-state index contributed by atoms with van der Waals surface area (Å²) < 4.78 is 1.56. The number of carboxylic acids is 1. The van der Waals surface area contributed by atoms with E-state index in [9.17, 15) is 14.7 Å². The summed E-state index contributed by atoms with van der Waals surface area (Å²) in [6, 6.07) is 6.42. The van der Waals surface area contributed by atoms with E-state index < -0.39 is 17.4 Å². The minimum absolute atomic E-state index is 0.189. The summed E-state index contributed by atoms with van der Waals surface area (Å²) in [7, 11) is 1.72. The third-order valence-corrected chi connectivity index (χ3v) is 4.29. The highest BCUT2D eigenvalue weighted by Gasteiger charge is 2.40. The van der Waals surface area contributed by atoms with Crippen LogP contribution in [0.1, 0.15) is 35.0 Å². The Bertz CT molecular complexity index is 740. The Morgan fingerprint density at radius 1 is 1.35 bits per heavy atom. The molecular formula is C16H18ClN3O3. The highest BCUT2D eigenvalue weighted by molar-refractivity contribution is 6.30. The van der Waals surface area contributed by atoms with Crippen LogP contribution in [0, 0.1) is 6.92 Å². The van der Waals surface area contributed by atoms with Gasteiger partial charge in [0.15, 0.2) is 5.54 Å². The van der Waals surface area contributed by atoms with Gasteiger partial charge in [-0.15, -0.1) is 0 Å². The number of hydrogen-bond donors (Lipinski definition) is 2. The normalized spacial score (nSPS) is 13.4. The minimum atomic E-state index is -1.52. The molecule has 6 nitrogen and oxygen atoms in total. The van der Waals surface area contributed by atoms with Gasteiger partial charge in [0.25, 0.3) is 5.91 Å². The number of amides is 1. The van der Waals surface area contributed by atoms with E-state index in [1.807, 2.05) is 0 Å². The standard InChI is InChI=1S/C16H18ClN3O3/c1-4-16(15(22)23,11-5-7-12(17)8-6-11)19-14(21)13-9-18-20(3)10(13)2/h5-9H,4H2,1-3H3,(H,19,21)(H,22,23). The molecule has 0 radical (unpaired) electrons. The first-order chi connectivity index (χ1) is 10.8. The second kappa shape index (κ2) is 6.42. The molecule has 1 aromatic carbocycles. The average molecular weight is 336 g/mol. The zero-order valence-electron chi connectivity index (χ0n) is 13.1. The number of aliphatic carboxylic acids is 1. The second-order valence-electron chi connectivity index (χ2n) is 5.29. The molecule has 2 N–H and O–H groups in total. The number of aryl methyl sites for hydroxylation is 1. The molecule has 0 saturated heterocycles. The monoisotopic (exact) mass is 335 g/mol. The number of halogens is 1. The van der Waals surface area contributed by atoms with E-state index in [1.165, 1.54) is 6.20 Å². The van der Waals surface area contributed by atoms with Gasteiger partial charge < -0.3 is 10.4 Å². The van der Waals surface area contributed by atoms with Gasteiger partial charge >= 0.3 is 5.97 Å². The third kappa shape index (κ3) is 3.07. The summed E-state index contributed by atoms with van der Waals surface area (Å²) in [6.07, 6.45) is 1.61. The van der Waals surface area contributed by atoms with Crippen LogP contribution < -0.4 is 5.32 Å². The molecule has 0 bridgehead atoms. The molecule has 7 heteroatoms. The SMILES string of the molecule is CCC(NC(=O)c1cnn(C)c1C)(C(=O)O)c1ccc(Cl)cc1. The number of carboxylic acid groups (broad SMARTS) is 1. The highest BCUT2D eigenvalue weighted by atomic mass is 35.5. The first-order valence-corrected chi connectivity index (χ1v) is 7.50. The zero-order chi connectivity index (χ0) is 17.2. The fourth-order valence-electron chi connectivity index (χ4n) is 2.41. The molecule has 1 amide bonds. The molecule has 0 aliphatic carbocycles. The molecule has 0 spiro atoms. The van der Waals surface area contributed by atoms with Crippen molar-refractivity contribution in [3.8, 4) is 0 Å². The Morgan fingerprint density at radius 3 is 2.39 bits per heavy atom. The van der Waals surface area contributed by atoms with Crippen molar-refractivity contribution in [1.29, 1.82) is 0 Å². The number of nitrogens with zero attached hydrogens (tertiary/aromatic N) is 2. The summed E-state index contributed by atoms with van der Waals surface area (Å²) in [4.78, 5) is 24.5. The van der Waals surface area contributed by atoms with E-state index >= 15 is 0 Å². The highest BCUT2D eigenvalue weighted by Crippen LogP contribution is 2.27. The van der Waals surface area contributed by atoms with Crippen LogP contribution in [0.3, 0.4) is 0 Å². The summed E-state index contributed by atoms with van der Waals surface area (Å²) >= 11 is 5.86. The predicted molar refractivity (Wildman–Crippen MR) is 86.5 cm³/mol. The predicted octanol–water partition coefficient (Wildman–Crippen LogP) is 2.50. The molecule has 1 atom stereocenters. The minimum Gasteiger partial charge on any atom is -0.479 e. The van der Waals surface area contributed by atoms with Gasteiger partial charge in [-0.05, 0) is 31.0 Å². The maximum Gasteiger partial charge on any atom is 0.334 e. The lowest BCUT2D eigenvalue weighted by atomic mass is 9.87. The van der Waals surface area contributed by atoms with Crippen molar-refractivity contribution in [3.63, 3.8) is 0 Å². The third-order valence-electron chi connectivity index (χ3n) is 4.04. The smallest absolute Gasteiger partial charge is 0.334 e. The van der Waals surface area contributed by atoms with Crippen LogP contribution in [0.25, 0.3) is 0 Å². The number of carbonyl (C=O) groups is 2. The molecule has 2 aromatic rings. The molecule has 2 rings (SSSR count). The number of hydrogen-bond acceptors (Lipinski definition) is 3. The van der Waals surface area contributed by atoms with Gasteiger partial charge in [0, 0.05) is 17.8 Å². The van der Waals surface area contributed by atoms with E-state index in [1.54, 1.807) is 49.8 Å². The Labute approximate surface area is 139 Å². The topological polar surface area (TPSA) is 84.2 Å². The van der Waals surface area contributed by atoms with Crippen molar-refractivity contribution in [2.24, 2.45) is 7.05 Å². The maximum atomic E-state index is 12.5. The first-order valence-electron chi connectivity index (χ1n) is 7.12. The number of benzene rings is 1. The lowest BCUT2D eigenvalue weighted by molar-refractivity contribution is -0.145. The number of nitrogens with one attached hydrogen (secondary N) is 1. The van der Waals surface area contributed by atoms with Crippen molar-refractivity contribution >= 4 is 23.5 Å². The van der Waals surface area contributed by atoms with E-state index in [4.69, 9.17) is 11.6 Å². The Kier molecular flexibility index (Phi) is 4.75. The lowest BCUT2D eigenvalue weighted by Gasteiger charge is -2.30. The van der Waals surface area contributed by atoms with Crippen molar-refractivity contribution in [2.45, 2.75) is 25.8 Å². The van der Waals surface area contributed by atoms with Crippen molar-refractivity contribution in [2.75, 3.05) is 0 Å². The summed E-state index contributed by atoms with van der Waals surface area (Å²) in [5.41, 5.74) is -0.0504. The van der Waals surface area contributed by atoms with Crippen LogP contribution >= 0.6 is 11.6 Å². The first kappa shape index (κ1) is 17.0. The molecule has 122 valence electrons. The van der Waals surface area contributed by atoms with Crippen LogP contribution in [0.2, 0.25) is 5.02 Å². The molecule has 1 unspecified atom stereocenters. The van der Waals surface area contributed by atoms with Crippen molar-refractivity contribution in [3.05, 3.63) is 52.3 Å². The van der Waals surface area contributed by atoms with Crippen LogP contribution in [-0.2, 0) is 17.4 Å². The summed E-state index contributed by atoms with van der Waals surface area (Å²) in [6.45, 7) is 3.46. The largest absolute Gasteiger partial charge is 0.479 e.